The Morgan fingerprint density at radius 1 is 1.24 bits per heavy atom. The van der Waals surface area contributed by atoms with Gasteiger partial charge in [-0.1, -0.05) is 18.2 Å². The second-order valence-corrected chi connectivity index (χ2v) is 7.19. The quantitative estimate of drug-likeness (QED) is 0.875. The number of halogens is 1. The number of anilines is 1. The lowest BCUT2D eigenvalue weighted by Crippen LogP contribution is -2.16. The molecule has 0 radical (unpaired) electrons. The Morgan fingerprint density at radius 2 is 1.90 bits per heavy atom. The van der Waals surface area contributed by atoms with Crippen molar-refractivity contribution in [3.63, 3.8) is 0 Å². The fraction of sp³-hybridized carbons (Fsp3) is 0.214. The molecular formula is C14H15BrN2O3S. The molecule has 0 saturated heterocycles. The van der Waals surface area contributed by atoms with Gasteiger partial charge < -0.3 is 4.74 Å². The summed E-state index contributed by atoms with van der Waals surface area (Å²) < 4.78 is 33.4. The summed E-state index contributed by atoms with van der Waals surface area (Å²) in [7, 11) is -3.68. The van der Waals surface area contributed by atoms with Gasteiger partial charge in [-0.25, -0.2) is 13.4 Å². The van der Waals surface area contributed by atoms with Crippen LogP contribution in [0.2, 0.25) is 0 Å². The number of pyridine rings is 1. The van der Waals surface area contributed by atoms with E-state index in [9.17, 15) is 8.42 Å². The van der Waals surface area contributed by atoms with E-state index in [0.29, 0.717) is 10.2 Å². The van der Waals surface area contributed by atoms with Gasteiger partial charge in [-0.2, -0.15) is 0 Å². The second-order valence-electron chi connectivity index (χ2n) is 4.59. The molecule has 2 aromatic rings. The van der Waals surface area contributed by atoms with Crippen LogP contribution in [0, 0.1) is 0 Å². The van der Waals surface area contributed by atoms with Gasteiger partial charge >= 0.3 is 0 Å². The first kappa shape index (κ1) is 15.8. The molecule has 1 aromatic heterocycles. The van der Waals surface area contributed by atoms with Crippen LogP contribution in [0.15, 0.2) is 52.0 Å². The Balaban J connectivity index is 2.36. The Bertz CT molecular complexity index is 718. The van der Waals surface area contributed by atoms with Crippen molar-refractivity contribution in [1.82, 2.24) is 4.98 Å². The highest BCUT2D eigenvalue weighted by Crippen LogP contribution is 2.28. The number of nitrogens with zero attached hydrogens (tertiary/aromatic N) is 1. The van der Waals surface area contributed by atoms with Crippen molar-refractivity contribution in [2.45, 2.75) is 24.8 Å². The van der Waals surface area contributed by atoms with Crippen molar-refractivity contribution in [2.24, 2.45) is 0 Å². The minimum absolute atomic E-state index is 0.112. The molecule has 0 bridgehead atoms. The average Bonchev–Trinajstić information content (AvgIpc) is 2.42. The molecule has 21 heavy (non-hydrogen) atoms. The van der Waals surface area contributed by atoms with E-state index in [2.05, 4.69) is 25.6 Å². The molecule has 1 heterocycles. The molecule has 0 saturated carbocycles. The number of hydrogen-bond acceptors (Lipinski definition) is 4. The summed E-state index contributed by atoms with van der Waals surface area (Å²) >= 11 is 3.27. The van der Waals surface area contributed by atoms with Gasteiger partial charge in [0.1, 0.15) is 5.69 Å². The molecule has 2 rings (SSSR count). The Labute approximate surface area is 132 Å². The van der Waals surface area contributed by atoms with Crippen LogP contribution in [0.4, 0.5) is 5.69 Å². The van der Waals surface area contributed by atoms with Crippen LogP contribution < -0.4 is 9.46 Å². The Morgan fingerprint density at radius 3 is 2.52 bits per heavy atom. The van der Waals surface area contributed by atoms with Gasteiger partial charge in [-0.3, -0.25) is 4.72 Å². The number of aromatic nitrogens is 1. The highest BCUT2D eigenvalue weighted by atomic mass is 79.9. The minimum Gasteiger partial charge on any atom is -0.473 e. The molecule has 0 aliphatic heterocycles. The van der Waals surface area contributed by atoms with E-state index in [1.165, 1.54) is 12.1 Å². The lowest BCUT2D eigenvalue weighted by molar-refractivity contribution is 0.234. The van der Waals surface area contributed by atoms with E-state index in [1.807, 2.05) is 13.8 Å². The van der Waals surface area contributed by atoms with E-state index in [1.54, 1.807) is 30.5 Å². The summed E-state index contributed by atoms with van der Waals surface area (Å²) in [4.78, 5) is 4.28. The Hall–Kier alpha value is -1.60. The third kappa shape index (κ3) is 4.18. The van der Waals surface area contributed by atoms with Gasteiger partial charge in [-0.15, -0.1) is 0 Å². The molecule has 0 spiro atoms. The first-order valence-corrected chi connectivity index (χ1v) is 8.56. The molecule has 0 fully saturated rings. The van der Waals surface area contributed by atoms with Crippen molar-refractivity contribution >= 4 is 31.6 Å². The predicted octanol–water partition coefficient (Wildman–Crippen LogP) is 3.43. The number of benzene rings is 1. The van der Waals surface area contributed by atoms with Crippen molar-refractivity contribution < 1.29 is 13.2 Å². The van der Waals surface area contributed by atoms with Crippen molar-refractivity contribution in [3.05, 3.63) is 47.1 Å². The zero-order chi connectivity index (χ0) is 15.5. The molecule has 0 atom stereocenters. The summed E-state index contributed by atoms with van der Waals surface area (Å²) in [5, 5.41) is 0. The topological polar surface area (TPSA) is 68.3 Å². The SMILES string of the molecule is CC(C)Oc1ncc(Br)cc1NS(=O)(=O)c1ccccc1. The molecule has 0 amide bonds. The molecule has 7 heteroatoms. The Kier molecular flexibility index (Phi) is 4.84. The van der Waals surface area contributed by atoms with Crippen molar-refractivity contribution in [1.29, 1.82) is 0 Å². The summed E-state index contributed by atoms with van der Waals surface area (Å²) in [6, 6.07) is 9.75. The predicted molar refractivity (Wildman–Crippen MR) is 85.0 cm³/mol. The van der Waals surface area contributed by atoms with Gasteiger partial charge in [0.2, 0.25) is 5.88 Å². The van der Waals surface area contributed by atoms with Gasteiger partial charge in [0.15, 0.2) is 0 Å². The standard InChI is InChI=1S/C14H15BrN2O3S/c1-10(2)20-14-13(8-11(15)9-16-14)17-21(18,19)12-6-4-3-5-7-12/h3-10,17H,1-2H3. The van der Waals surface area contributed by atoms with Crippen LogP contribution >= 0.6 is 15.9 Å². The van der Waals surface area contributed by atoms with Crippen LogP contribution in [0.3, 0.4) is 0 Å². The molecule has 5 nitrogen and oxygen atoms in total. The van der Waals surface area contributed by atoms with Crippen LogP contribution in [0.1, 0.15) is 13.8 Å². The van der Waals surface area contributed by atoms with E-state index in [0.717, 1.165) is 0 Å². The van der Waals surface area contributed by atoms with Crippen molar-refractivity contribution in [2.75, 3.05) is 4.72 Å². The molecule has 0 aliphatic rings. The number of hydrogen-bond donors (Lipinski definition) is 1. The molecular weight excluding hydrogens is 356 g/mol. The zero-order valence-electron chi connectivity index (χ0n) is 11.6. The van der Waals surface area contributed by atoms with Crippen LogP contribution in [0.25, 0.3) is 0 Å². The first-order chi connectivity index (χ1) is 9.88. The molecule has 112 valence electrons. The van der Waals surface area contributed by atoms with Crippen molar-refractivity contribution in [3.8, 4) is 5.88 Å². The van der Waals surface area contributed by atoms with Gasteiger partial charge in [0.25, 0.3) is 10.0 Å². The summed E-state index contributed by atoms with van der Waals surface area (Å²) in [6.07, 6.45) is 1.44. The van der Waals surface area contributed by atoms with Crippen LogP contribution in [0.5, 0.6) is 5.88 Å². The highest BCUT2D eigenvalue weighted by molar-refractivity contribution is 9.10. The van der Waals surface area contributed by atoms with Crippen LogP contribution in [-0.2, 0) is 10.0 Å². The normalized spacial score (nSPS) is 11.4. The summed E-state index contributed by atoms with van der Waals surface area (Å²) in [5.74, 6) is 0.243. The fourth-order valence-corrected chi connectivity index (χ4v) is 3.02. The lowest BCUT2D eigenvalue weighted by Gasteiger charge is -2.15. The number of rotatable bonds is 5. The smallest absolute Gasteiger partial charge is 0.262 e. The zero-order valence-corrected chi connectivity index (χ0v) is 14.0. The van der Waals surface area contributed by atoms with E-state index >= 15 is 0 Å². The summed E-state index contributed by atoms with van der Waals surface area (Å²) in [6.45, 7) is 3.69. The molecule has 1 aromatic carbocycles. The third-order valence-electron chi connectivity index (χ3n) is 2.46. The third-order valence-corrected chi connectivity index (χ3v) is 4.28. The number of sulfonamides is 1. The van der Waals surface area contributed by atoms with Gasteiger partial charge in [-0.05, 0) is 48.0 Å². The maximum Gasteiger partial charge on any atom is 0.262 e. The van der Waals surface area contributed by atoms with E-state index < -0.39 is 10.0 Å². The number of nitrogens with one attached hydrogen (secondary N) is 1. The minimum atomic E-state index is -3.68. The summed E-state index contributed by atoms with van der Waals surface area (Å²) in [5.41, 5.74) is 0.293. The maximum absolute atomic E-state index is 12.3. The maximum atomic E-state index is 12.3. The highest BCUT2D eigenvalue weighted by Gasteiger charge is 2.18. The van der Waals surface area contributed by atoms with Gasteiger partial charge in [0, 0.05) is 10.7 Å². The molecule has 1 N–H and O–H groups in total. The van der Waals surface area contributed by atoms with E-state index in [4.69, 9.17) is 4.74 Å². The molecule has 0 aliphatic carbocycles. The van der Waals surface area contributed by atoms with Gasteiger partial charge in [0.05, 0.1) is 11.0 Å². The average molecular weight is 371 g/mol. The fourth-order valence-electron chi connectivity index (χ4n) is 1.62. The first-order valence-electron chi connectivity index (χ1n) is 6.28. The number of ether oxygens (including phenoxy) is 1. The molecule has 0 unspecified atom stereocenters. The van der Waals surface area contributed by atoms with Crippen LogP contribution in [-0.4, -0.2) is 19.5 Å². The largest absolute Gasteiger partial charge is 0.473 e. The second kappa shape index (κ2) is 6.44. The lowest BCUT2D eigenvalue weighted by atomic mass is 10.4. The monoisotopic (exact) mass is 370 g/mol. The van der Waals surface area contributed by atoms with E-state index in [-0.39, 0.29) is 16.9 Å².